The molecule has 0 saturated heterocycles. The van der Waals surface area contributed by atoms with Crippen LogP contribution in [0.3, 0.4) is 0 Å². The van der Waals surface area contributed by atoms with Gasteiger partial charge in [-0.15, -0.1) is 10.2 Å². The van der Waals surface area contributed by atoms with E-state index in [-0.39, 0.29) is 23.4 Å². The minimum absolute atomic E-state index is 0.000134. The quantitative estimate of drug-likeness (QED) is 0.438. The number of rotatable bonds is 4. The first-order chi connectivity index (χ1) is 14.2. The molecule has 7 heteroatoms. The van der Waals surface area contributed by atoms with E-state index in [9.17, 15) is 9.18 Å². The van der Waals surface area contributed by atoms with Gasteiger partial charge in [-0.2, -0.15) is 0 Å². The van der Waals surface area contributed by atoms with Crippen molar-refractivity contribution in [3.63, 3.8) is 0 Å². The molecule has 1 aliphatic carbocycles. The Morgan fingerprint density at radius 1 is 1.10 bits per heavy atom. The second-order valence-corrected chi connectivity index (χ2v) is 7.98. The molecule has 2 aromatic heterocycles. The Hall–Kier alpha value is -2.93. The van der Waals surface area contributed by atoms with Crippen molar-refractivity contribution in [2.24, 2.45) is 0 Å². The summed E-state index contributed by atoms with van der Waals surface area (Å²) in [6.45, 7) is 0. The molecule has 0 atom stereocenters. The molecule has 0 amide bonds. The highest BCUT2D eigenvalue weighted by Crippen LogP contribution is 2.33. The maximum absolute atomic E-state index is 13.4. The van der Waals surface area contributed by atoms with Crippen LogP contribution in [0.2, 0.25) is 0 Å². The largest absolute Gasteiger partial charge is 0.411 e. The number of carbonyl (C=O) groups is 1. The molecule has 2 heterocycles. The lowest BCUT2D eigenvalue weighted by Crippen LogP contribution is -2.18. The molecule has 0 N–H and O–H groups in total. The average Bonchev–Trinajstić information content (AvgIpc) is 3.35. The number of thioether (sulfide) groups is 1. The smallest absolute Gasteiger partial charge is 0.277 e. The van der Waals surface area contributed by atoms with E-state index in [1.54, 1.807) is 12.1 Å². The minimum atomic E-state index is -0.366. The lowest BCUT2D eigenvalue weighted by atomic mass is 9.96. The van der Waals surface area contributed by atoms with Crippen molar-refractivity contribution in [2.45, 2.75) is 30.9 Å². The highest BCUT2D eigenvalue weighted by atomic mass is 32.2. The minimum Gasteiger partial charge on any atom is -0.411 e. The Kier molecular flexibility index (Phi) is 4.67. The number of aryl methyl sites for hydroxylation is 1. The first kappa shape index (κ1) is 18.1. The number of fused-ring (bicyclic) bond motifs is 3. The van der Waals surface area contributed by atoms with Gasteiger partial charge < -0.3 is 4.42 Å². The third kappa shape index (κ3) is 3.35. The fourth-order valence-corrected chi connectivity index (χ4v) is 4.59. The van der Waals surface area contributed by atoms with Crippen LogP contribution < -0.4 is 0 Å². The van der Waals surface area contributed by atoms with E-state index in [2.05, 4.69) is 16.3 Å². The van der Waals surface area contributed by atoms with Crippen molar-refractivity contribution in [3.8, 4) is 11.5 Å². The lowest BCUT2D eigenvalue weighted by molar-refractivity contribution is 0.0943. The number of para-hydroxylation sites is 1. The predicted octanol–water partition coefficient (Wildman–Crippen LogP) is 5.14. The van der Waals surface area contributed by atoms with Gasteiger partial charge in [-0.25, -0.2) is 4.39 Å². The Morgan fingerprint density at radius 3 is 2.86 bits per heavy atom. The van der Waals surface area contributed by atoms with Crippen LogP contribution in [0, 0.1) is 5.82 Å². The number of hydrogen-bond donors (Lipinski definition) is 0. The maximum atomic E-state index is 13.4. The van der Waals surface area contributed by atoms with Gasteiger partial charge in [-0.3, -0.25) is 9.36 Å². The molecule has 0 radical (unpaired) electrons. The monoisotopic (exact) mass is 407 g/mol. The van der Waals surface area contributed by atoms with Gasteiger partial charge in [0, 0.05) is 16.6 Å². The molecule has 29 heavy (non-hydrogen) atoms. The summed E-state index contributed by atoms with van der Waals surface area (Å²) in [4.78, 5) is 13.1. The molecular formula is C22H18FN3O2S. The van der Waals surface area contributed by atoms with Crippen LogP contribution in [0.5, 0.6) is 0 Å². The number of carbonyl (C=O) groups excluding carboxylic acids is 1. The van der Waals surface area contributed by atoms with E-state index in [1.807, 2.05) is 22.8 Å². The molecule has 1 aliphatic rings. The lowest BCUT2D eigenvalue weighted by Gasteiger charge is -2.14. The number of nitrogens with zero attached hydrogens (tertiary/aromatic N) is 3. The van der Waals surface area contributed by atoms with Crippen LogP contribution in [0.25, 0.3) is 22.4 Å². The van der Waals surface area contributed by atoms with Crippen molar-refractivity contribution in [2.75, 3.05) is 5.75 Å². The standard InChI is InChI=1S/C22H18FN3O2S/c23-15-7-5-6-14(12-15)21-24-25-22(28-21)29-13-20(27)26-18-10-3-1-8-16(18)17-9-2-4-11-19(17)26/h1,3,5-8,10,12H,2,4,9,11,13H2. The molecule has 0 saturated carbocycles. The summed E-state index contributed by atoms with van der Waals surface area (Å²) in [6, 6.07) is 14.1. The fraction of sp³-hybridized carbons (Fsp3) is 0.227. The summed E-state index contributed by atoms with van der Waals surface area (Å²) in [7, 11) is 0. The van der Waals surface area contributed by atoms with Crippen LogP contribution >= 0.6 is 11.8 Å². The fourth-order valence-electron chi connectivity index (χ4n) is 3.97. The molecule has 0 aliphatic heterocycles. The van der Waals surface area contributed by atoms with Gasteiger partial charge in [0.2, 0.25) is 11.8 Å². The van der Waals surface area contributed by atoms with Crippen molar-refractivity contribution in [3.05, 3.63) is 65.6 Å². The molecule has 5 nitrogen and oxygen atoms in total. The molecule has 0 fully saturated rings. The van der Waals surface area contributed by atoms with Crippen molar-refractivity contribution >= 4 is 28.6 Å². The molecule has 0 unspecified atom stereocenters. The normalized spacial score (nSPS) is 13.6. The second kappa shape index (κ2) is 7.48. The Balaban J connectivity index is 1.38. The van der Waals surface area contributed by atoms with E-state index in [0.717, 1.165) is 36.9 Å². The third-order valence-corrected chi connectivity index (χ3v) is 6.03. The topological polar surface area (TPSA) is 60.9 Å². The summed E-state index contributed by atoms with van der Waals surface area (Å²) in [5, 5.41) is 9.42. The van der Waals surface area contributed by atoms with Crippen LogP contribution in [0.1, 0.15) is 28.9 Å². The zero-order chi connectivity index (χ0) is 19.8. The molecule has 5 rings (SSSR count). The van der Waals surface area contributed by atoms with Gasteiger partial charge in [0.25, 0.3) is 5.22 Å². The van der Waals surface area contributed by atoms with Crippen LogP contribution in [0.4, 0.5) is 4.39 Å². The van der Waals surface area contributed by atoms with Crippen molar-refractivity contribution < 1.29 is 13.6 Å². The maximum Gasteiger partial charge on any atom is 0.277 e. The highest BCUT2D eigenvalue weighted by molar-refractivity contribution is 7.99. The van der Waals surface area contributed by atoms with Gasteiger partial charge in [-0.1, -0.05) is 36.0 Å². The van der Waals surface area contributed by atoms with E-state index >= 15 is 0 Å². The third-order valence-electron chi connectivity index (χ3n) is 5.23. The summed E-state index contributed by atoms with van der Waals surface area (Å²) in [5.41, 5.74) is 3.92. The molecule has 0 bridgehead atoms. The Labute approximate surface area is 170 Å². The zero-order valence-corrected chi connectivity index (χ0v) is 16.4. The van der Waals surface area contributed by atoms with Crippen molar-refractivity contribution in [1.82, 2.24) is 14.8 Å². The number of halogens is 1. The summed E-state index contributed by atoms with van der Waals surface area (Å²) < 4.78 is 20.9. The van der Waals surface area contributed by atoms with Gasteiger partial charge >= 0.3 is 0 Å². The van der Waals surface area contributed by atoms with Gasteiger partial charge in [0.05, 0.1) is 11.3 Å². The number of hydrogen-bond acceptors (Lipinski definition) is 5. The average molecular weight is 407 g/mol. The first-order valence-corrected chi connectivity index (χ1v) is 10.6. The van der Waals surface area contributed by atoms with Gasteiger partial charge in [0.1, 0.15) is 5.82 Å². The summed E-state index contributed by atoms with van der Waals surface area (Å²) in [5.74, 6) is 0.0630. The molecule has 146 valence electrons. The highest BCUT2D eigenvalue weighted by Gasteiger charge is 2.23. The number of aromatic nitrogens is 3. The van der Waals surface area contributed by atoms with Crippen molar-refractivity contribution in [1.29, 1.82) is 0 Å². The first-order valence-electron chi connectivity index (χ1n) is 9.57. The van der Waals surface area contributed by atoms with Crippen LogP contribution in [-0.4, -0.2) is 26.4 Å². The Bertz CT molecular complexity index is 1210. The molecule has 4 aromatic rings. The van der Waals surface area contributed by atoms with Crippen LogP contribution in [0.15, 0.2) is 58.2 Å². The van der Waals surface area contributed by atoms with E-state index < -0.39 is 0 Å². The van der Waals surface area contributed by atoms with Gasteiger partial charge in [0.15, 0.2) is 0 Å². The second-order valence-electron chi connectivity index (χ2n) is 7.05. The van der Waals surface area contributed by atoms with E-state index in [0.29, 0.717) is 10.8 Å². The summed E-state index contributed by atoms with van der Waals surface area (Å²) >= 11 is 1.20. The zero-order valence-electron chi connectivity index (χ0n) is 15.6. The molecule has 0 spiro atoms. The molecular weight excluding hydrogens is 389 g/mol. The van der Waals surface area contributed by atoms with E-state index in [4.69, 9.17) is 4.42 Å². The SMILES string of the molecule is O=C(CSc1nnc(-c2cccc(F)c2)o1)n1c2c(c3ccccc31)CCCC2. The van der Waals surface area contributed by atoms with E-state index in [1.165, 1.54) is 34.8 Å². The predicted molar refractivity (Wildman–Crippen MR) is 110 cm³/mol. The molecule has 2 aromatic carbocycles. The number of benzene rings is 2. The van der Waals surface area contributed by atoms with Crippen LogP contribution in [-0.2, 0) is 12.8 Å². The summed E-state index contributed by atoms with van der Waals surface area (Å²) in [6.07, 6.45) is 4.20. The van der Waals surface area contributed by atoms with Gasteiger partial charge in [-0.05, 0) is 55.5 Å². The Morgan fingerprint density at radius 2 is 1.97 bits per heavy atom.